The molecule has 3 aliphatic rings. The van der Waals surface area contributed by atoms with Gasteiger partial charge in [-0.25, -0.2) is 0 Å². The number of aryl methyl sites for hydroxylation is 1. The minimum Gasteiger partial charge on any atom is -0.511 e. The summed E-state index contributed by atoms with van der Waals surface area (Å²) in [7, 11) is 0. The summed E-state index contributed by atoms with van der Waals surface area (Å²) in [5, 5.41) is 12.3. The molecule has 4 atom stereocenters. The maximum absolute atomic E-state index is 13.4. The highest BCUT2D eigenvalue weighted by molar-refractivity contribution is 6.36. The van der Waals surface area contributed by atoms with Crippen molar-refractivity contribution in [2.24, 2.45) is 23.7 Å². The fourth-order valence-corrected chi connectivity index (χ4v) is 6.32. The molecule has 0 aliphatic heterocycles. The maximum Gasteiger partial charge on any atom is 0.170 e. The van der Waals surface area contributed by atoms with Gasteiger partial charge in [-0.3, -0.25) is 4.79 Å². The van der Waals surface area contributed by atoms with Crippen LogP contribution in [0.15, 0.2) is 42.2 Å². The summed E-state index contributed by atoms with van der Waals surface area (Å²) >= 11 is 12.5. The second-order valence-corrected chi connectivity index (χ2v) is 9.20. The first kappa shape index (κ1) is 18.3. The van der Waals surface area contributed by atoms with E-state index in [0.29, 0.717) is 33.2 Å². The summed E-state index contributed by atoms with van der Waals surface area (Å²) in [6.45, 7) is 2.08. The lowest BCUT2D eigenvalue weighted by atomic mass is 9.80. The summed E-state index contributed by atoms with van der Waals surface area (Å²) in [6.07, 6.45) is 4.16. The van der Waals surface area contributed by atoms with Crippen molar-refractivity contribution in [3.63, 3.8) is 0 Å². The van der Waals surface area contributed by atoms with Crippen LogP contribution in [-0.2, 0) is 11.2 Å². The van der Waals surface area contributed by atoms with Crippen molar-refractivity contribution in [3.8, 4) is 11.1 Å². The summed E-state index contributed by atoms with van der Waals surface area (Å²) in [4.78, 5) is 13.4. The third kappa shape index (κ3) is 2.58. The Morgan fingerprint density at radius 1 is 1.00 bits per heavy atom. The SMILES string of the molecule is CCc1ccc(-c2ccc(Cl)cc2Cl)cc1C1=C(O)[C@@H]2[C@@H]3CC[C@@H](C3)[C@@H]2C1=O. The predicted octanol–water partition coefficient (Wildman–Crippen LogP) is 6.74. The van der Waals surface area contributed by atoms with Crippen LogP contribution in [0.2, 0.25) is 10.0 Å². The average Bonchev–Trinajstić information content (AvgIpc) is 3.35. The van der Waals surface area contributed by atoms with Crippen molar-refractivity contribution in [2.45, 2.75) is 32.6 Å². The monoisotopic (exact) mass is 412 g/mol. The molecule has 2 aromatic carbocycles. The fourth-order valence-electron chi connectivity index (χ4n) is 5.80. The van der Waals surface area contributed by atoms with Crippen LogP contribution in [-0.4, -0.2) is 10.9 Å². The molecule has 5 rings (SSSR count). The summed E-state index contributed by atoms with van der Waals surface area (Å²) in [5.41, 5.74) is 4.30. The molecule has 0 aromatic heterocycles. The molecular weight excluding hydrogens is 391 g/mol. The molecule has 0 radical (unpaired) electrons. The number of hydrogen-bond donors (Lipinski definition) is 1. The van der Waals surface area contributed by atoms with Gasteiger partial charge in [0.25, 0.3) is 0 Å². The van der Waals surface area contributed by atoms with Gasteiger partial charge in [-0.2, -0.15) is 0 Å². The number of ketones is 1. The van der Waals surface area contributed by atoms with E-state index in [1.807, 2.05) is 30.3 Å². The van der Waals surface area contributed by atoms with Crippen molar-refractivity contribution in [3.05, 3.63) is 63.3 Å². The maximum atomic E-state index is 13.4. The van der Waals surface area contributed by atoms with Crippen LogP contribution >= 0.6 is 23.2 Å². The normalized spacial score (nSPS) is 28.3. The van der Waals surface area contributed by atoms with Crippen LogP contribution in [0.3, 0.4) is 0 Å². The topological polar surface area (TPSA) is 37.3 Å². The lowest BCUT2D eigenvalue weighted by Gasteiger charge is -2.23. The van der Waals surface area contributed by atoms with Crippen molar-refractivity contribution >= 4 is 34.6 Å². The Kier molecular flexibility index (Phi) is 4.33. The highest BCUT2D eigenvalue weighted by Gasteiger charge is 2.57. The summed E-state index contributed by atoms with van der Waals surface area (Å²) in [5.74, 6) is 1.41. The van der Waals surface area contributed by atoms with E-state index in [9.17, 15) is 9.90 Å². The molecule has 2 aromatic rings. The third-order valence-corrected chi connectivity index (χ3v) is 7.59. The van der Waals surface area contributed by atoms with Gasteiger partial charge >= 0.3 is 0 Å². The molecule has 0 spiro atoms. The van der Waals surface area contributed by atoms with Crippen LogP contribution in [0.1, 0.15) is 37.3 Å². The van der Waals surface area contributed by atoms with E-state index in [2.05, 4.69) is 6.92 Å². The largest absolute Gasteiger partial charge is 0.511 e. The first-order chi connectivity index (χ1) is 13.5. The number of allylic oxidation sites excluding steroid dienone is 2. The summed E-state index contributed by atoms with van der Waals surface area (Å²) in [6, 6.07) is 11.5. The van der Waals surface area contributed by atoms with Gasteiger partial charge in [-0.05, 0) is 72.4 Å². The molecular formula is C24H22Cl2O2. The number of benzene rings is 2. The van der Waals surface area contributed by atoms with Crippen molar-refractivity contribution in [1.82, 2.24) is 0 Å². The standard InChI is InChI=1S/C24H22Cl2O2/c1-2-12-3-4-13(17-8-7-16(25)11-19(17)26)10-18(12)22-23(27)20-14-5-6-15(9-14)21(20)24(22)28/h3-4,7-8,10-11,14-15,20-21,27H,2,5-6,9H2,1H3/t14-,15+,20-,21+/m1/s1. The first-order valence-corrected chi connectivity index (χ1v) is 10.8. The number of Topliss-reactive ketones (excluding diaryl/α,β-unsaturated/α-hetero) is 1. The van der Waals surface area contributed by atoms with Crippen LogP contribution in [0.25, 0.3) is 16.7 Å². The van der Waals surface area contributed by atoms with E-state index >= 15 is 0 Å². The van der Waals surface area contributed by atoms with Gasteiger partial charge in [0.2, 0.25) is 0 Å². The van der Waals surface area contributed by atoms with E-state index in [1.54, 1.807) is 6.07 Å². The zero-order valence-corrected chi connectivity index (χ0v) is 17.2. The minimum absolute atomic E-state index is 0.0127. The van der Waals surface area contributed by atoms with Gasteiger partial charge in [0.15, 0.2) is 5.78 Å². The van der Waals surface area contributed by atoms with Gasteiger partial charge in [-0.15, -0.1) is 0 Å². The quantitative estimate of drug-likeness (QED) is 0.605. The smallest absolute Gasteiger partial charge is 0.170 e. The Bertz CT molecular complexity index is 1020. The highest BCUT2D eigenvalue weighted by Crippen LogP contribution is 2.60. The van der Waals surface area contributed by atoms with Gasteiger partial charge in [0.1, 0.15) is 5.76 Å². The minimum atomic E-state index is -0.0127. The van der Waals surface area contributed by atoms with Crippen LogP contribution in [0.5, 0.6) is 0 Å². The molecule has 0 heterocycles. The second-order valence-electron chi connectivity index (χ2n) is 8.36. The Hall–Kier alpha value is -1.77. The number of halogens is 2. The molecule has 144 valence electrons. The molecule has 2 bridgehead atoms. The van der Waals surface area contributed by atoms with Gasteiger partial charge in [0, 0.05) is 27.4 Å². The first-order valence-electron chi connectivity index (χ1n) is 10.1. The van der Waals surface area contributed by atoms with E-state index in [1.165, 1.54) is 0 Å². The molecule has 28 heavy (non-hydrogen) atoms. The van der Waals surface area contributed by atoms with E-state index in [4.69, 9.17) is 23.2 Å². The second kappa shape index (κ2) is 6.64. The Morgan fingerprint density at radius 2 is 1.75 bits per heavy atom. The highest BCUT2D eigenvalue weighted by atomic mass is 35.5. The van der Waals surface area contributed by atoms with E-state index in [0.717, 1.165) is 47.9 Å². The van der Waals surface area contributed by atoms with Gasteiger partial charge in [-0.1, -0.05) is 48.3 Å². The van der Waals surface area contributed by atoms with Crippen molar-refractivity contribution in [1.29, 1.82) is 0 Å². The Balaban J connectivity index is 1.64. The van der Waals surface area contributed by atoms with Crippen molar-refractivity contribution in [2.75, 3.05) is 0 Å². The molecule has 2 fully saturated rings. The van der Waals surface area contributed by atoms with Gasteiger partial charge < -0.3 is 5.11 Å². The van der Waals surface area contributed by atoms with Crippen LogP contribution < -0.4 is 0 Å². The van der Waals surface area contributed by atoms with Crippen LogP contribution in [0, 0.1) is 23.7 Å². The Labute approximate surface area is 175 Å². The number of fused-ring (bicyclic) bond motifs is 5. The number of hydrogen-bond acceptors (Lipinski definition) is 2. The average molecular weight is 413 g/mol. The van der Waals surface area contributed by atoms with Gasteiger partial charge in [0.05, 0.1) is 5.57 Å². The molecule has 0 unspecified atom stereocenters. The Morgan fingerprint density at radius 3 is 2.43 bits per heavy atom. The van der Waals surface area contributed by atoms with E-state index < -0.39 is 0 Å². The molecule has 4 heteroatoms. The van der Waals surface area contributed by atoms with Crippen LogP contribution in [0.4, 0.5) is 0 Å². The third-order valence-electron chi connectivity index (χ3n) is 7.04. The number of carbonyl (C=O) groups is 1. The molecule has 2 nitrogen and oxygen atoms in total. The lowest BCUT2D eigenvalue weighted by Crippen LogP contribution is -2.24. The number of carbonyl (C=O) groups excluding carboxylic acids is 1. The lowest BCUT2D eigenvalue weighted by molar-refractivity contribution is -0.118. The number of aliphatic hydroxyl groups is 1. The molecule has 1 N–H and O–H groups in total. The molecule has 3 aliphatic carbocycles. The molecule has 0 amide bonds. The number of aliphatic hydroxyl groups excluding tert-OH is 1. The fraction of sp³-hybridized carbons (Fsp3) is 0.375. The zero-order valence-electron chi connectivity index (χ0n) is 15.7. The molecule has 2 saturated carbocycles. The summed E-state index contributed by atoms with van der Waals surface area (Å²) < 4.78 is 0. The number of rotatable bonds is 3. The predicted molar refractivity (Wildman–Crippen MR) is 114 cm³/mol. The zero-order chi connectivity index (χ0) is 19.6. The molecule has 0 saturated heterocycles. The van der Waals surface area contributed by atoms with Crippen molar-refractivity contribution < 1.29 is 9.90 Å². The van der Waals surface area contributed by atoms with E-state index in [-0.39, 0.29) is 17.6 Å².